The number of benzene rings is 3. The quantitative estimate of drug-likeness (QED) is 0.482. The van der Waals surface area contributed by atoms with Gasteiger partial charge in [0.25, 0.3) is 0 Å². The topological polar surface area (TPSA) is 49.4 Å². The second kappa shape index (κ2) is 8.48. The van der Waals surface area contributed by atoms with E-state index in [0.717, 1.165) is 22.5 Å². The van der Waals surface area contributed by atoms with Crippen LogP contribution < -0.4 is 0 Å². The number of nitrogens with zero attached hydrogens (tertiary/aromatic N) is 4. The molecule has 0 atom stereocenters. The van der Waals surface area contributed by atoms with Crippen LogP contribution in [-0.4, -0.2) is 0 Å². The van der Waals surface area contributed by atoms with Gasteiger partial charge < -0.3 is 0 Å². The molecule has 0 fully saturated rings. The summed E-state index contributed by atoms with van der Waals surface area (Å²) in [5, 5.41) is 16.8. The monoisotopic (exact) mass is 314 g/mol. The number of hydrogen-bond acceptors (Lipinski definition) is 4. The van der Waals surface area contributed by atoms with Crippen LogP contribution in [0.2, 0.25) is 0 Å². The molecule has 0 aliphatic heterocycles. The zero-order valence-corrected chi connectivity index (χ0v) is 13.3. The van der Waals surface area contributed by atoms with Crippen molar-refractivity contribution in [1.82, 2.24) is 0 Å². The fourth-order valence-electron chi connectivity index (χ4n) is 2.14. The van der Waals surface area contributed by atoms with E-state index in [2.05, 4.69) is 44.7 Å². The van der Waals surface area contributed by atoms with Gasteiger partial charge in [-0.05, 0) is 35.4 Å². The Morgan fingerprint density at radius 1 is 0.458 bits per heavy atom. The van der Waals surface area contributed by atoms with E-state index in [0.29, 0.717) is 13.1 Å². The van der Waals surface area contributed by atoms with Crippen molar-refractivity contribution in [2.75, 3.05) is 0 Å². The third kappa shape index (κ3) is 4.95. The van der Waals surface area contributed by atoms with Crippen LogP contribution in [0.3, 0.4) is 0 Å². The van der Waals surface area contributed by atoms with Gasteiger partial charge in [0, 0.05) is 0 Å². The molecule has 0 N–H and O–H groups in total. The van der Waals surface area contributed by atoms with Crippen LogP contribution in [0.1, 0.15) is 11.1 Å². The highest BCUT2D eigenvalue weighted by atomic mass is 15.1. The van der Waals surface area contributed by atoms with E-state index < -0.39 is 0 Å². The minimum absolute atomic E-state index is 0.570. The second-order valence-electron chi connectivity index (χ2n) is 5.29. The maximum absolute atomic E-state index is 4.23. The molecule has 3 aromatic rings. The summed E-state index contributed by atoms with van der Waals surface area (Å²) in [5.41, 5.74) is 3.99. The molecule has 0 spiro atoms. The van der Waals surface area contributed by atoms with Crippen molar-refractivity contribution >= 4 is 11.4 Å². The van der Waals surface area contributed by atoms with Crippen molar-refractivity contribution < 1.29 is 0 Å². The molecular formula is C20H18N4. The van der Waals surface area contributed by atoms with E-state index in [9.17, 15) is 0 Å². The molecule has 4 nitrogen and oxygen atoms in total. The smallest absolute Gasteiger partial charge is 0.0853 e. The van der Waals surface area contributed by atoms with Crippen molar-refractivity contribution in [2.24, 2.45) is 20.5 Å². The Morgan fingerprint density at radius 2 is 0.833 bits per heavy atom. The molecule has 0 heterocycles. The number of rotatable bonds is 6. The van der Waals surface area contributed by atoms with Crippen LogP contribution in [0.15, 0.2) is 105 Å². The van der Waals surface area contributed by atoms with Gasteiger partial charge in [0.15, 0.2) is 0 Å². The van der Waals surface area contributed by atoms with Gasteiger partial charge in [-0.25, -0.2) is 0 Å². The Kier molecular flexibility index (Phi) is 5.56. The van der Waals surface area contributed by atoms with Crippen molar-refractivity contribution in [3.05, 3.63) is 96.1 Å². The molecule has 0 amide bonds. The second-order valence-corrected chi connectivity index (χ2v) is 5.29. The normalized spacial score (nSPS) is 11.3. The Balaban J connectivity index is 1.52. The molecular weight excluding hydrogens is 296 g/mol. The predicted octanol–water partition coefficient (Wildman–Crippen LogP) is 6.25. The molecule has 3 aromatic carbocycles. The van der Waals surface area contributed by atoms with Crippen molar-refractivity contribution in [1.29, 1.82) is 0 Å². The molecule has 3 rings (SSSR count). The molecule has 0 aliphatic rings. The minimum Gasteiger partial charge on any atom is -0.184 e. The summed E-state index contributed by atoms with van der Waals surface area (Å²) in [4.78, 5) is 0. The van der Waals surface area contributed by atoms with Gasteiger partial charge in [-0.3, -0.25) is 0 Å². The highest BCUT2D eigenvalue weighted by Crippen LogP contribution is 2.14. The Bertz CT molecular complexity index is 724. The molecule has 4 heteroatoms. The summed E-state index contributed by atoms with van der Waals surface area (Å²) in [6.45, 7) is 1.14. The first-order valence-corrected chi connectivity index (χ1v) is 7.83. The number of hydrogen-bond donors (Lipinski definition) is 0. The van der Waals surface area contributed by atoms with Gasteiger partial charge in [-0.15, -0.1) is 0 Å². The third-order valence-electron chi connectivity index (χ3n) is 3.41. The zero-order chi connectivity index (χ0) is 16.5. The van der Waals surface area contributed by atoms with Gasteiger partial charge >= 0.3 is 0 Å². The molecule has 0 radical (unpaired) electrons. The average Bonchev–Trinajstić information content (AvgIpc) is 2.65. The molecule has 118 valence electrons. The van der Waals surface area contributed by atoms with Gasteiger partial charge in [-0.2, -0.15) is 20.5 Å². The number of azo groups is 2. The minimum atomic E-state index is 0.570. The lowest BCUT2D eigenvalue weighted by molar-refractivity contribution is 0.940. The Hall–Kier alpha value is -3.14. The summed E-state index contributed by atoms with van der Waals surface area (Å²) >= 11 is 0. The highest BCUT2D eigenvalue weighted by Gasteiger charge is 1.94. The molecule has 0 unspecified atom stereocenters. The molecule has 0 bridgehead atoms. The van der Waals surface area contributed by atoms with Gasteiger partial charge in [0.2, 0.25) is 0 Å². The summed E-state index contributed by atoms with van der Waals surface area (Å²) in [5.74, 6) is 0. The first kappa shape index (κ1) is 15.7. The van der Waals surface area contributed by atoms with Crippen LogP contribution in [0.25, 0.3) is 0 Å². The van der Waals surface area contributed by atoms with Crippen LogP contribution in [-0.2, 0) is 13.1 Å². The molecule has 0 aliphatic carbocycles. The third-order valence-corrected chi connectivity index (χ3v) is 3.41. The van der Waals surface area contributed by atoms with Crippen LogP contribution >= 0.6 is 0 Å². The van der Waals surface area contributed by atoms with Crippen molar-refractivity contribution in [2.45, 2.75) is 13.1 Å². The van der Waals surface area contributed by atoms with Crippen molar-refractivity contribution in [3.8, 4) is 0 Å². The Labute approximate surface area is 141 Å². The largest absolute Gasteiger partial charge is 0.184 e. The molecule has 0 saturated carbocycles. The SMILES string of the molecule is c1ccc(N=NCc2ccc(CN=Nc3ccccc3)cc2)cc1. The summed E-state index contributed by atoms with van der Waals surface area (Å²) in [6, 6.07) is 27.7. The van der Waals surface area contributed by atoms with E-state index >= 15 is 0 Å². The maximum atomic E-state index is 4.23. The van der Waals surface area contributed by atoms with Gasteiger partial charge in [0.1, 0.15) is 0 Å². The average molecular weight is 314 g/mol. The molecule has 0 aromatic heterocycles. The summed E-state index contributed by atoms with van der Waals surface area (Å²) in [6.07, 6.45) is 0. The van der Waals surface area contributed by atoms with E-state index in [1.165, 1.54) is 0 Å². The van der Waals surface area contributed by atoms with E-state index in [1.807, 2.05) is 60.7 Å². The first-order chi connectivity index (χ1) is 11.9. The van der Waals surface area contributed by atoms with E-state index in [4.69, 9.17) is 0 Å². The lowest BCUT2D eigenvalue weighted by Gasteiger charge is -1.99. The van der Waals surface area contributed by atoms with Crippen LogP contribution in [0.4, 0.5) is 11.4 Å². The molecule has 24 heavy (non-hydrogen) atoms. The maximum Gasteiger partial charge on any atom is 0.0853 e. The standard InChI is InChI=1S/C20H18N4/c1-3-7-19(8-4-1)23-21-15-17-11-13-18(14-12-17)16-22-24-20-9-5-2-6-10-20/h1-14H,15-16H2. The first-order valence-electron chi connectivity index (χ1n) is 7.83. The fourth-order valence-corrected chi connectivity index (χ4v) is 2.14. The van der Waals surface area contributed by atoms with Gasteiger partial charge in [0.05, 0.1) is 24.5 Å². The van der Waals surface area contributed by atoms with Gasteiger partial charge in [-0.1, -0.05) is 60.7 Å². The highest BCUT2D eigenvalue weighted by molar-refractivity contribution is 5.35. The molecule has 0 saturated heterocycles. The lowest BCUT2D eigenvalue weighted by atomic mass is 10.1. The fraction of sp³-hybridized carbons (Fsp3) is 0.100. The summed E-state index contributed by atoms with van der Waals surface area (Å²) in [7, 11) is 0. The zero-order valence-electron chi connectivity index (χ0n) is 13.3. The summed E-state index contributed by atoms with van der Waals surface area (Å²) < 4.78 is 0. The van der Waals surface area contributed by atoms with Crippen molar-refractivity contribution in [3.63, 3.8) is 0 Å². The van der Waals surface area contributed by atoms with Crippen LogP contribution in [0.5, 0.6) is 0 Å². The van der Waals surface area contributed by atoms with Crippen LogP contribution in [0, 0.1) is 0 Å². The predicted molar refractivity (Wildman–Crippen MR) is 95.8 cm³/mol. The van der Waals surface area contributed by atoms with E-state index in [1.54, 1.807) is 0 Å². The Morgan fingerprint density at radius 3 is 1.21 bits per heavy atom. The van der Waals surface area contributed by atoms with E-state index in [-0.39, 0.29) is 0 Å². The lowest BCUT2D eigenvalue weighted by Crippen LogP contribution is -1.84.